The quantitative estimate of drug-likeness (QED) is 0.886. The SMILES string of the molecule is CC(N)CCC(c1ccc2c(c1)CCCO2)N(C)C. The monoisotopic (exact) mass is 262 g/mol. The molecule has 0 aromatic heterocycles. The zero-order chi connectivity index (χ0) is 13.8. The van der Waals surface area contributed by atoms with E-state index in [1.807, 2.05) is 0 Å². The van der Waals surface area contributed by atoms with Crippen LogP contribution < -0.4 is 10.5 Å². The van der Waals surface area contributed by atoms with Crippen molar-refractivity contribution in [3.8, 4) is 5.75 Å². The predicted octanol–water partition coefficient (Wildman–Crippen LogP) is 2.74. The highest BCUT2D eigenvalue weighted by atomic mass is 16.5. The van der Waals surface area contributed by atoms with Crippen molar-refractivity contribution in [3.63, 3.8) is 0 Å². The lowest BCUT2D eigenvalue weighted by Crippen LogP contribution is -2.23. The number of rotatable bonds is 5. The molecule has 0 aliphatic carbocycles. The van der Waals surface area contributed by atoms with Crippen molar-refractivity contribution in [2.75, 3.05) is 20.7 Å². The van der Waals surface area contributed by atoms with E-state index in [-0.39, 0.29) is 6.04 Å². The van der Waals surface area contributed by atoms with Crippen LogP contribution in [-0.2, 0) is 6.42 Å². The molecule has 2 atom stereocenters. The maximum Gasteiger partial charge on any atom is 0.122 e. The molecule has 1 aromatic carbocycles. The van der Waals surface area contributed by atoms with Crippen LogP contribution in [0.3, 0.4) is 0 Å². The Balaban J connectivity index is 2.16. The Morgan fingerprint density at radius 2 is 2.11 bits per heavy atom. The number of hydrogen-bond acceptors (Lipinski definition) is 3. The number of benzene rings is 1. The third-order valence-corrected chi connectivity index (χ3v) is 3.84. The number of hydrogen-bond donors (Lipinski definition) is 1. The Bertz CT molecular complexity index is 415. The molecule has 0 spiro atoms. The minimum atomic E-state index is 0.267. The number of fused-ring (bicyclic) bond motifs is 1. The van der Waals surface area contributed by atoms with Gasteiger partial charge >= 0.3 is 0 Å². The van der Waals surface area contributed by atoms with Crippen LogP contribution in [0.15, 0.2) is 18.2 Å². The highest BCUT2D eigenvalue weighted by Gasteiger charge is 2.18. The Morgan fingerprint density at radius 1 is 1.32 bits per heavy atom. The van der Waals surface area contributed by atoms with Crippen LogP contribution in [0.2, 0.25) is 0 Å². The maximum atomic E-state index is 5.89. The van der Waals surface area contributed by atoms with Crippen LogP contribution in [0.4, 0.5) is 0 Å². The van der Waals surface area contributed by atoms with E-state index in [1.54, 1.807) is 0 Å². The first kappa shape index (κ1) is 14.4. The van der Waals surface area contributed by atoms with Crippen LogP contribution in [-0.4, -0.2) is 31.6 Å². The van der Waals surface area contributed by atoms with E-state index in [0.717, 1.165) is 38.0 Å². The van der Waals surface area contributed by atoms with Crippen molar-refractivity contribution >= 4 is 0 Å². The van der Waals surface area contributed by atoms with Gasteiger partial charge in [-0.1, -0.05) is 12.1 Å². The number of aryl methyl sites for hydroxylation is 1. The average molecular weight is 262 g/mol. The van der Waals surface area contributed by atoms with Gasteiger partial charge in [0, 0.05) is 12.1 Å². The molecule has 0 saturated heterocycles. The van der Waals surface area contributed by atoms with Gasteiger partial charge < -0.3 is 15.4 Å². The van der Waals surface area contributed by atoms with E-state index < -0.39 is 0 Å². The van der Waals surface area contributed by atoms with Crippen LogP contribution in [0, 0.1) is 0 Å². The van der Waals surface area contributed by atoms with Crippen molar-refractivity contribution in [1.82, 2.24) is 4.90 Å². The van der Waals surface area contributed by atoms with E-state index in [2.05, 4.69) is 44.1 Å². The zero-order valence-corrected chi connectivity index (χ0v) is 12.4. The smallest absolute Gasteiger partial charge is 0.122 e. The average Bonchev–Trinajstić information content (AvgIpc) is 2.38. The molecule has 2 N–H and O–H groups in total. The predicted molar refractivity (Wildman–Crippen MR) is 79.6 cm³/mol. The third kappa shape index (κ3) is 3.71. The Morgan fingerprint density at radius 3 is 2.79 bits per heavy atom. The van der Waals surface area contributed by atoms with Crippen molar-refractivity contribution < 1.29 is 4.74 Å². The zero-order valence-electron chi connectivity index (χ0n) is 12.4. The molecule has 0 amide bonds. The van der Waals surface area contributed by atoms with Crippen molar-refractivity contribution in [3.05, 3.63) is 29.3 Å². The Kier molecular flexibility index (Phi) is 4.83. The molecular formula is C16H26N2O. The molecule has 2 rings (SSSR count). The van der Waals surface area contributed by atoms with Crippen molar-refractivity contribution in [2.45, 2.75) is 44.7 Å². The largest absolute Gasteiger partial charge is 0.493 e. The first-order chi connectivity index (χ1) is 9.08. The van der Waals surface area contributed by atoms with Gasteiger partial charge in [-0.2, -0.15) is 0 Å². The minimum Gasteiger partial charge on any atom is -0.493 e. The fourth-order valence-electron chi connectivity index (χ4n) is 2.73. The van der Waals surface area contributed by atoms with Gasteiger partial charge in [-0.3, -0.25) is 0 Å². The van der Waals surface area contributed by atoms with E-state index in [4.69, 9.17) is 10.5 Å². The van der Waals surface area contributed by atoms with Gasteiger partial charge in [-0.05, 0) is 63.9 Å². The molecule has 3 heteroatoms. The molecule has 19 heavy (non-hydrogen) atoms. The van der Waals surface area contributed by atoms with Gasteiger partial charge in [0.2, 0.25) is 0 Å². The van der Waals surface area contributed by atoms with Gasteiger partial charge in [0.1, 0.15) is 5.75 Å². The summed E-state index contributed by atoms with van der Waals surface area (Å²) in [4.78, 5) is 2.29. The summed E-state index contributed by atoms with van der Waals surface area (Å²) in [6.07, 6.45) is 4.42. The van der Waals surface area contributed by atoms with Gasteiger partial charge in [0.15, 0.2) is 0 Å². The summed E-state index contributed by atoms with van der Waals surface area (Å²) >= 11 is 0. The molecule has 1 heterocycles. The second kappa shape index (κ2) is 6.40. The normalized spacial score (nSPS) is 17.7. The van der Waals surface area contributed by atoms with Crippen LogP contribution in [0.5, 0.6) is 5.75 Å². The van der Waals surface area contributed by atoms with Crippen molar-refractivity contribution in [2.24, 2.45) is 5.73 Å². The number of ether oxygens (including phenoxy) is 1. The fourth-order valence-corrected chi connectivity index (χ4v) is 2.73. The molecular weight excluding hydrogens is 236 g/mol. The highest BCUT2D eigenvalue weighted by Crippen LogP contribution is 2.31. The Labute approximate surface area is 116 Å². The highest BCUT2D eigenvalue weighted by molar-refractivity contribution is 5.39. The summed E-state index contributed by atoms with van der Waals surface area (Å²) in [5, 5.41) is 0. The fraction of sp³-hybridized carbons (Fsp3) is 0.625. The second-order valence-corrected chi connectivity index (χ2v) is 5.85. The van der Waals surface area contributed by atoms with Gasteiger partial charge in [-0.15, -0.1) is 0 Å². The molecule has 3 nitrogen and oxygen atoms in total. The summed E-state index contributed by atoms with van der Waals surface area (Å²) < 4.78 is 5.68. The van der Waals surface area contributed by atoms with E-state index in [9.17, 15) is 0 Å². The topological polar surface area (TPSA) is 38.5 Å². The lowest BCUT2D eigenvalue weighted by Gasteiger charge is -2.27. The summed E-state index contributed by atoms with van der Waals surface area (Å²) in [6, 6.07) is 7.37. The summed E-state index contributed by atoms with van der Waals surface area (Å²) in [7, 11) is 4.28. The maximum absolute atomic E-state index is 5.89. The molecule has 1 aromatic rings. The molecule has 0 radical (unpaired) electrons. The van der Waals surface area contributed by atoms with Crippen molar-refractivity contribution in [1.29, 1.82) is 0 Å². The molecule has 0 bridgehead atoms. The summed E-state index contributed by atoms with van der Waals surface area (Å²) in [5.41, 5.74) is 8.63. The molecule has 0 saturated carbocycles. The second-order valence-electron chi connectivity index (χ2n) is 5.85. The van der Waals surface area contributed by atoms with Gasteiger partial charge in [0.05, 0.1) is 6.61 Å². The summed E-state index contributed by atoms with van der Waals surface area (Å²) in [6.45, 7) is 2.93. The van der Waals surface area contributed by atoms with E-state index >= 15 is 0 Å². The molecule has 0 fully saturated rings. The first-order valence-electron chi connectivity index (χ1n) is 7.25. The number of nitrogens with zero attached hydrogens (tertiary/aromatic N) is 1. The summed E-state index contributed by atoms with van der Waals surface area (Å²) in [5.74, 6) is 1.07. The Hall–Kier alpha value is -1.06. The minimum absolute atomic E-state index is 0.267. The molecule has 1 aliphatic rings. The van der Waals surface area contributed by atoms with Gasteiger partial charge in [-0.25, -0.2) is 0 Å². The number of nitrogens with two attached hydrogens (primary N) is 1. The lowest BCUT2D eigenvalue weighted by atomic mass is 9.95. The standard InChI is InChI=1S/C16H26N2O/c1-12(17)6-8-15(18(2)3)13-7-9-16-14(11-13)5-4-10-19-16/h7,9,11-12,15H,4-6,8,10,17H2,1-3H3. The molecule has 2 unspecified atom stereocenters. The lowest BCUT2D eigenvalue weighted by molar-refractivity contribution is 0.271. The first-order valence-corrected chi connectivity index (χ1v) is 7.25. The van der Waals surface area contributed by atoms with E-state index in [1.165, 1.54) is 11.1 Å². The van der Waals surface area contributed by atoms with Gasteiger partial charge in [0.25, 0.3) is 0 Å². The molecule has 106 valence electrons. The third-order valence-electron chi connectivity index (χ3n) is 3.84. The van der Waals surface area contributed by atoms with Crippen LogP contribution in [0.1, 0.15) is 43.4 Å². The van der Waals surface area contributed by atoms with E-state index in [0.29, 0.717) is 6.04 Å². The van der Waals surface area contributed by atoms with Crippen LogP contribution in [0.25, 0.3) is 0 Å². The molecule has 1 aliphatic heterocycles. The van der Waals surface area contributed by atoms with Crippen LogP contribution >= 0.6 is 0 Å².